The molecule has 5 nitrogen and oxygen atoms in total. The summed E-state index contributed by atoms with van der Waals surface area (Å²) in [6.45, 7) is 6.83. The Morgan fingerprint density at radius 3 is 2.37 bits per heavy atom. The van der Waals surface area contributed by atoms with Crippen molar-refractivity contribution in [3.8, 4) is 5.75 Å². The first-order valence-corrected chi connectivity index (χ1v) is 11.0. The third-order valence-corrected chi connectivity index (χ3v) is 6.75. The van der Waals surface area contributed by atoms with Gasteiger partial charge in [-0.05, 0) is 43.2 Å². The van der Waals surface area contributed by atoms with E-state index in [1.165, 1.54) is 0 Å². The van der Waals surface area contributed by atoms with E-state index in [1.54, 1.807) is 16.4 Å². The third-order valence-electron chi connectivity index (χ3n) is 4.83. The molecule has 146 valence electrons. The number of hydrogen-bond acceptors (Lipinski definition) is 4. The van der Waals surface area contributed by atoms with E-state index in [-0.39, 0.29) is 4.90 Å². The lowest BCUT2D eigenvalue weighted by Crippen LogP contribution is -2.48. The van der Waals surface area contributed by atoms with Crippen LogP contribution >= 0.6 is 0 Å². The SMILES string of the molecule is CCCCOc1ccc(C)cc1S(=O)(=O)N1CCN(c2ccccc2)CC1. The van der Waals surface area contributed by atoms with Crippen molar-refractivity contribution in [1.82, 2.24) is 4.31 Å². The fourth-order valence-electron chi connectivity index (χ4n) is 3.23. The second-order valence-corrected chi connectivity index (χ2v) is 8.79. The maximum atomic E-state index is 13.3. The number of sulfonamides is 1. The summed E-state index contributed by atoms with van der Waals surface area (Å²) in [6.07, 6.45) is 1.92. The first kappa shape index (κ1) is 19.7. The van der Waals surface area contributed by atoms with E-state index in [0.717, 1.165) is 24.1 Å². The van der Waals surface area contributed by atoms with Crippen LogP contribution < -0.4 is 9.64 Å². The number of hydrogen-bond donors (Lipinski definition) is 0. The Bertz CT molecular complexity index is 845. The maximum absolute atomic E-state index is 13.3. The zero-order chi connectivity index (χ0) is 19.3. The Morgan fingerprint density at radius 1 is 1.00 bits per heavy atom. The summed E-state index contributed by atoms with van der Waals surface area (Å²) >= 11 is 0. The smallest absolute Gasteiger partial charge is 0.246 e. The monoisotopic (exact) mass is 388 g/mol. The normalized spacial score (nSPS) is 15.7. The van der Waals surface area contributed by atoms with E-state index >= 15 is 0 Å². The highest BCUT2D eigenvalue weighted by molar-refractivity contribution is 7.89. The average Bonchev–Trinajstić information content (AvgIpc) is 2.70. The van der Waals surface area contributed by atoms with Crippen LogP contribution in [0.4, 0.5) is 5.69 Å². The summed E-state index contributed by atoms with van der Waals surface area (Å²) in [6, 6.07) is 15.5. The Morgan fingerprint density at radius 2 is 1.70 bits per heavy atom. The van der Waals surface area contributed by atoms with Gasteiger partial charge in [0.15, 0.2) is 0 Å². The van der Waals surface area contributed by atoms with Crippen molar-refractivity contribution >= 4 is 15.7 Å². The van der Waals surface area contributed by atoms with Crippen molar-refractivity contribution in [1.29, 1.82) is 0 Å². The molecule has 27 heavy (non-hydrogen) atoms. The molecule has 2 aromatic rings. The molecule has 1 fully saturated rings. The minimum atomic E-state index is -3.58. The minimum Gasteiger partial charge on any atom is -0.492 e. The molecule has 0 unspecified atom stereocenters. The highest BCUT2D eigenvalue weighted by atomic mass is 32.2. The van der Waals surface area contributed by atoms with Gasteiger partial charge in [0.25, 0.3) is 0 Å². The molecule has 1 aliphatic heterocycles. The molecule has 0 atom stereocenters. The quantitative estimate of drug-likeness (QED) is 0.679. The molecule has 0 amide bonds. The Kier molecular flexibility index (Phi) is 6.39. The van der Waals surface area contributed by atoms with Gasteiger partial charge in [0.2, 0.25) is 10.0 Å². The van der Waals surface area contributed by atoms with Crippen molar-refractivity contribution < 1.29 is 13.2 Å². The van der Waals surface area contributed by atoms with Crippen molar-refractivity contribution in [2.75, 3.05) is 37.7 Å². The average molecular weight is 389 g/mol. The number of aryl methyl sites for hydroxylation is 1. The molecule has 6 heteroatoms. The first-order chi connectivity index (χ1) is 13.0. The van der Waals surface area contributed by atoms with Crippen molar-refractivity contribution in [3.63, 3.8) is 0 Å². The maximum Gasteiger partial charge on any atom is 0.246 e. The van der Waals surface area contributed by atoms with Crippen LogP contribution in [0.25, 0.3) is 0 Å². The molecule has 2 aromatic carbocycles. The molecule has 0 aromatic heterocycles. The van der Waals surface area contributed by atoms with Crippen LogP contribution in [0.3, 0.4) is 0 Å². The predicted octanol–water partition coefficient (Wildman–Crippen LogP) is 3.68. The topological polar surface area (TPSA) is 49.9 Å². The lowest BCUT2D eigenvalue weighted by Gasteiger charge is -2.35. The zero-order valence-electron chi connectivity index (χ0n) is 16.1. The second kappa shape index (κ2) is 8.76. The van der Waals surface area contributed by atoms with E-state index in [9.17, 15) is 8.42 Å². The van der Waals surface area contributed by atoms with E-state index in [4.69, 9.17) is 4.74 Å². The summed E-state index contributed by atoms with van der Waals surface area (Å²) in [5.41, 5.74) is 2.05. The number of anilines is 1. The summed E-state index contributed by atoms with van der Waals surface area (Å²) in [5.74, 6) is 0.458. The van der Waals surface area contributed by atoms with Gasteiger partial charge in [-0.2, -0.15) is 4.31 Å². The van der Waals surface area contributed by atoms with E-state index in [0.29, 0.717) is 38.5 Å². The summed E-state index contributed by atoms with van der Waals surface area (Å²) < 4.78 is 33.9. The summed E-state index contributed by atoms with van der Waals surface area (Å²) in [7, 11) is -3.58. The van der Waals surface area contributed by atoms with Crippen LogP contribution in [-0.2, 0) is 10.0 Å². The van der Waals surface area contributed by atoms with E-state index in [1.807, 2.05) is 31.2 Å². The molecular formula is C21H28N2O3S. The molecule has 1 aliphatic rings. The standard InChI is InChI=1S/C21H28N2O3S/c1-3-4-16-26-20-11-10-18(2)17-21(20)27(24,25)23-14-12-22(13-15-23)19-8-6-5-7-9-19/h5-11,17H,3-4,12-16H2,1-2H3. The number of rotatable bonds is 7. The number of benzene rings is 2. The molecule has 3 rings (SSSR count). The molecule has 0 saturated carbocycles. The molecule has 0 spiro atoms. The van der Waals surface area contributed by atoms with Crippen molar-refractivity contribution in [2.24, 2.45) is 0 Å². The number of nitrogens with zero attached hydrogens (tertiary/aromatic N) is 2. The fourth-order valence-corrected chi connectivity index (χ4v) is 4.87. The number of para-hydroxylation sites is 1. The van der Waals surface area contributed by atoms with Crippen LogP contribution in [0.5, 0.6) is 5.75 Å². The number of piperazine rings is 1. The van der Waals surface area contributed by atoms with Gasteiger partial charge in [0.1, 0.15) is 10.6 Å². The molecule has 0 aliphatic carbocycles. The van der Waals surface area contributed by atoms with Gasteiger partial charge in [0, 0.05) is 31.9 Å². The lowest BCUT2D eigenvalue weighted by atomic mass is 10.2. The van der Waals surface area contributed by atoms with Crippen molar-refractivity contribution in [2.45, 2.75) is 31.6 Å². The van der Waals surface area contributed by atoms with Gasteiger partial charge >= 0.3 is 0 Å². The molecular weight excluding hydrogens is 360 g/mol. The Labute approximate surface area is 162 Å². The molecule has 0 bridgehead atoms. The van der Waals surface area contributed by atoms with Gasteiger partial charge in [0.05, 0.1) is 6.61 Å². The minimum absolute atomic E-state index is 0.284. The van der Waals surface area contributed by atoms with Crippen LogP contribution in [0, 0.1) is 6.92 Å². The Balaban J connectivity index is 1.76. The van der Waals surface area contributed by atoms with E-state index in [2.05, 4.69) is 24.0 Å². The number of unbranched alkanes of at least 4 members (excludes halogenated alkanes) is 1. The fraction of sp³-hybridized carbons (Fsp3) is 0.429. The zero-order valence-corrected chi connectivity index (χ0v) is 16.9. The highest BCUT2D eigenvalue weighted by Gasteiger charge is 2.31. The molecule has 0 radical (unpaired) electrons. The molecule has 1 saturated heterocycles. The van der Waals surface area contributed by atoms with Gasteiger partial charge in [-0.15, -0.1) is 0 Å². The van der Waals surface area contributed by atoms with Gasteiger partial charge in [-0.1, -0.05) is 37.6 Å². The van der Waals surface area contributed by atoms with Crippen LogP contribution in [-0.4, -0.2) is 45.5 Å². The van der Waals surface area contributed by atoms with Crippen molar-refractivity contribution in [3.05, 3.63) is 54.1 Å². The number of ether oxygens (including phenoxy) is 1. The van der Waals surface area contributed by atoms with E-state index < -0.39 is 10.0 Å². The second-order valence-electron chi connectivity index (χ2n) is 6.88. The van der Waals surface area contributed by atoms with Crippen LogP contribution in [0.15, 0.2) is 53.4 Å². The molecule has 0 N–H and O–H groups in total. The third kappa shape index (κ3) is 4.62. The predicted molar refractivity (Wildman–Crippen MR) is 109 cm³/mol. The molecule has 1 heterocycles. The van der Waals surface area contributed by atoms with Gasteiger partial charge < -0.3 is 9.64 Å². The van der Waals surface area contributed by atoms with Crippen LogP contribution in [0.1, 0.15) is 25.3 Å². The Hall–Kier alpha value is -2.05. The first-order valence-electron chi connectivity index (χ1n) is 9.56. The van der Waals surface area contributed by atoms with Gasteiger partial charge in [-0.3, -0.25) is 0 Å². The summed E-state index contributed by atoms with van der Waals surface area (Å²) in [4.78, 5) is 2.51. The highest BCUT2D eigenvalue weighted by Crippen LogP contribution is 2.29. The largest absolute Gasteiger partial charge is 0.492 e. The van der Waals surface area contributed by atoms with Gasteiger partial charge in [-0.25, -0.2) is 8.42 Å². The lowest BCUT2D eigenvalue weighted by molar-refractivity contribution is 0.299. The van der Waals surface area contributed by atoms with Crippen LogP contribution in [0.2, 0.25) is 0 Å². The summed E-state index contributed by atoms with van der Waals surface area (Å²) in [5, 5.41) is 0.